The summed E-state index contributed by atoms with van der Waals surface area (Å²) in [6.45, 7) is 1.70. The predicted octanol–water partition coefficient (Wildman–Crippen LogP) is 2.39. The Morgan fingerprint density at radius 3 is 2.61 bits per heavy atom. The number of nitriles is 1. The molecule has 0 aliphatic heterocycles. The maximum atomic E-state index is 12.4. The standard InChI is InChI=1S/C16H17N3O3S/c1-12-8-14(9-15(10-17)18-12)19-23(20,21)11-16(22-2)13-6-4-3-5-7-13/h3-9,16H,11H2,1-2H3,(H,18,19). The molecule has 23 heavy (non-hydrogen) atoms. The van der Waals surface area contributed by atoms with Crippen LogP contribution >= 0.6 is 0 Å². The molecule has 2 rings (SSSR count). The van der Waals surface area contributed by atoms with Crippen molar-refractivity contribution in [2.24, 2.45) is 0 Å². The number of aromatic nitrogens is 1. The highest BCUT2D eigenvalue weighted by molar-refractivity contribution is 7.92. The zero-order valence-corrected chi connectivity index (χ0v) is 13.7. The topological polar surface area (TPSA) is 92.1 Å². The summed E-state index contributed by atoms with van der Waals surface area (Å²) in [4.78, 5) is 3.99. The van der Waals surface area contributed by atoms with E-state index in [1.165, 1.54) is 13.2 Å². The summed E-state index contributed by atoms with van der Waals surface area (Å²) < 4.78 is 32.5. The first kappa shape index (κ1) is 16.9. The quantitative estimate of drug-likeness (QED) is 0.877. The number of hydrogen-bond donors (Lipinski definition) is 1. The van der Waals surface area contributed by atoms with Crippen molar-refractivity contribution in [3.63, 3.8) is 0 Å². The molecule has 0 bridgehead atoms. The van der Waals surface area contributed by atoms with Gasteiger partial charge in [0.25, 0.3) is 0 Å². The number of hydrogen-bond acceptors (Lipinski definition) is 5. The SMILES string of the molecule is COC(CS(=O)(=O)Nc1cc(C)nc(C#N)c1)c1ccccc1. The van der Waals surface area contributed by atoms with Gasteiger partial charge in [0.1, 0.15) is 11.8 Å². The number of ether oxygens (including phenoxy) is 1. The second kappa shape index (κ2) is 7.22. The smallest absolute Gasteiger partial charge is 0.235 e. The van der Waals surface area contributed by atoms with Crippen molar-refractivity contribution >= 4 is 15.7 Å². The normalized spacial score (nSPS) is 12.4. The second-order valence-electron chi connectivity index (χ2n) is 5.01. The molecule has 120 valence electrons. The maximum Gasteiger partial charge on any atom is 0.235 e. The van der Waals surface area contributed by atoms with E-state index in [-0.39, 0.29) is 11.4 Å². The molecule has 0 spiro atoms. The van der Waals surface area contributed by atoms with E-state index in [1.54, 1.807) is 13.0 Å². The third kappa shape index (κ3) is 4.77. The van der Waals surface area contributed by atoms with Gasteiger partial charge >= 0.3 is 0 Å². The number of nitrogens with one attached hydrogen (secondary N) is 1. The monoisotopic (exact) mass is 331 g/mol. The van der Waals surface area contributed by atoms with Crippen molar-refractivity contribution in [1.29, 1.82) is 5.26 Å². The third-order valence-electron chi connectivity index (χ3n) is 3.17. The van der Waals surface area contributed by atoms with Crippen LogP contribution in [0.4, 0.5) is 5.69 Å². The van der Waals surface area contributed by atoms with Crippen LogP contribution in [-0.2, 0) is 14.8 Å². The Morgan fingerprint density at radius 2 is 2.00 bits per heavy atom. The molecule has 7 heteroatoms. The Balaban J connectivity index is 2.19. The molecule has 2 aromatic rings. The van der Waals surface area contributed by atoms with Crippen molar-refractivity contribution in [2.45, 2.75) is 13.0 Å². The van der Waals surface area contributed by atoms with Crippen molar-refractivity contribution in [1.82, 2.24) is 4.98 Å². The van der Waals surface area contributed by atoms with Crippen LogP contribution in [0.2, 0.25) is 0 Å². The van der Waals surface area contributed by atoms with Gasteiger partial charge in [-0.25, -0.2) is 13.4 Å². The van der Waals surface area contributed by atoms with Gasteiger partial charge in [-0.2, -0.15) is 5.26 Å². The van der Waals surface area contributed by atoms with Gasteiger partial charge < -0.3 is 4.74 Å². The van der Waals surface area contributed by atoms with E-state index in [9.17, 15) is 8.42 Å². The number of nitrogens with zero attached hydrogens (tertiary/aromatic N) is 2. The Hall–Kier alpha value is -2.43. The molecular formula is C16H17N3O3S. The summed E-state index contributed by atoms with van der Waals surface area (Å²) in [7, 11) is -2.18. The van der Waals surface area contributed by atoms with Crippen LogP contribution in [0.15, 0.2) is 42.5 Å². The molecular weight excluding hydrogens is 314 g/mol. The highest BCUT2D eigenvalue weighted by atomic mass is 32.2. The van der Waals surface area contributed by atoms with E-state index < -0.39 is 16.1 Å². The average molecular weight is 331 g/mol. The van der Waals surface area contributed by atoms with Crippen LogP contribution in [0.1, 0.15) is 23.1 Å². The zero-order chi connectivity index (χ0) is 16.9. The first-order valence-corrected chi connectivity index (χ1v) is 8.56. The van der Waals surface area contributed by atoms with E-state index in [1.807, 2.05) is 36.4 Å². The minimum absolute atomic E-state index is 0.161. The van der Waals surface area contributed by atoms with Crippen LogP contribution in [0.25, 0.3) is 0 Å². The number of benzene rings is 1. The van der Waals surface area contributed by atoms with Crippen LogP contribution in [-0.4, -0.2) is 26.3 Å². The largest absolute Gasteiger partial charge is 0.376 e. The number of anilines is 1. The fourth-order valence-electron chi connectivity index (χ4n) is 2.17. The highest BCUT2D eigenvalue weighted by Crippen LogP contribution is 2.20. The number of aryl methyl sites for hydroxylation is 1. The van der Waals surface area contributed by atoms with E-state index in [0.717, 1.165) is 5.56 Å². The average Bonchev–Trinajstić information content (AvgIpc) is 2.52. The first-order chi connectivity index (χ1) is 10.9. The lowest BCUT2D eigenvalue weighted by Crippen LogP contribution is -2.23. The molecule has 0 saturated heterocycles. The molecule has 1 unspecified atom stereocenters. The van der Waals surface area contributed by atoms with Crippen LogP contribution in [0, 0.1) is 18.3 Å². The zero-order valence-electron chi connectivity index (χ0n) is 12.9. The Morgan fingerprint density at radius 1 is 1.30 bits per heavy atom. The summed E-state index contributed by atoms with van der Waals surface area (Å²) in [6.07, 6.45) is -0.577. The molecule has 1 aromatic carbocycles. The molecule has 0 aliphatic rings. The number of sulfonamides is 1. The Bertz CT molecular complexity index is 814. The van der Waals surface area contributed by atoms with Gasteiger partial charge in [-0.15, -0.1) is 0 Å². The van der Waals surface area contributed by atoms with Crippen molar-refractivity contribution in [2.75, 3.05) is 17.6 Å². The molecule has 1 aromatic heterocycles. The Kier molecular flexibility index (Phi) is 5.32. The number of methoxy groups -OCH3 is 1. The molecule has 1 N–H and O–H groups in total. The lowest BCUT2D eigenvalue weighted by Gasteiger charge is -2.17. The van der Waals surface area contributed by atoms with Gasteiger partial charge in [0.15, 0.2) is 0 Å². The number of rotatable bonds is 6. The van der Waals surface area contributed by atoms with Gasteiger partial charge in [-0.1, -0.05) is 30.3 Å². The fraction of sp³-hybridized carbons (Fsp3) is 0.250. The summed E-state index contributed by atoms with van der Waals surface area (Å²) in [6, 6.07) is 14.0. The van der Waals surface area contributed by atoms with Crippen molar-refractivity contribution in [3.8, 4) is 6.07 Å². The maximum absolute atomic E-state index is 12.4. The van der Waals surface area contributed by atoms with Gasteiger partial charge in [-0.3, -0.25) is 4.72 Å². The minimum Gasteiger partial charge on any atom is -0.376 e. The van der Waals surface area contributed by atoms with Gasteiger partial charge in [0, 0.05) is 12.8 Å². The van der Waals surface area contributed by atoms with E-state index in [2.05, 4.69) is 9.71 Å². The molecule has 0 fully saturated rings. The van der Waals surface area contributed by atoms with E-state index >= 15 is 0 Å². The van der Waals surface area contributed by atoms with Crippen molar-refractivity contribution in [3.05, 3.63) is 59.4 Å². The van der Waals surface area contributed by atoms with Crippen LogP contribution in [0.5, 0.6) is 0 Å². The molecule has 1 atom stereocenters. The van der Waals surface area contributed by atoms with Crippen molar-refractivity contribution < 1.29 is 13.2 Å². The van der Waals surface area contributed by atoms with E-state index in [0.29, 0.717) is 11.4 Å². The molecule has 0 saturated carbocycles. The first-order valence-electron chi connectivity index (χ1n) is 6.90. The summed E-state index contributed by atoms with van der Waals surface area (Å²) in [5.41, 5.74) is 1.82. The van der Waals surface area contributed by atoms with E-state index in [4.69, 9.17) is 10.00 Å². The number of pyridine rings is 1. The molecule has 0 amide bonds. The molecule has 1 heterocycles. The minimum atomic E-state index is -3.65. The van der Waals surface area contributed by atoms with Crippen LogP contribution in [0.3, 0.4) is 0 Å². The summed E-state index contributed by atoms with van der Waals surface area (Å²) >= 11 is 0. The summed E-state index contributed by atoms with van der Waals surface area (Å²) in [5.74, 6) is -0.225. The van der Waals surface area contributed by atoms with Gasteiger partial charge in [0.05, 0.1) is 17.5 Å². The molecule has 0 radical (unpaired) electrons. The Labute approximate surface area is 135 Å². The highest BCUT2D eigenvalue weighted by Gasteiger charge is 2.21. The van der Waals surface area contributed by atoms with Crippen LogP contribution < -0.4 is 4.72 Å². The second-order valence-corrected chi connectivity index (χ2v) is 6.78. The fourth-order valence-corrected chi connectivity index (χ4v) is 3.46. The lowest BCUT2D eigenvalue weighted by atomic mass is 10.1. The predicted molar refractivity (Wildman–Crippen MR) is 87.3 cm³/mol. The lowest BCUT2D eigenvalue weighted by molar-refractivity contribution is 0.122. The molecule has 0 aliphatic carbocycles. The van der Waals surface area contributed by atoms with Gasteiger partial charge in [0.2, 0.25) is 10.0 Å². The molecule has 6 nitrogen and oxygen atoms in total. The van der Waals surface area contributed by atoms with Gasteiger partial charge in [-0.05, 0) is 24.6 Å². The summed E-state index contributed by atoms with van der Waals surface area (Å²) in [5, 5.41) is 8.91. The third-order valence-corrected chi connectivity index (χ3v) is 4.46.